The van der Waals surface area contributed by atoms with Crippen LogP contribution in [0.4, 0.5) is 0 Å². The van der Waals surface area contributed by atoms with E-state index >= 15 is 0 Å². The van der Waals surface area contributed by atoms with Crippen molar-refractivity contribution >= 4 is 5.91 Å². The maximum absolute atomic E-state index is 12.5. The van der Waals surface area contributed by atoms with Crippen LogP contribution in [0.2, 0.25) is 0 Å². The summed E-state index contributed by atoms with van der Waals surface area (Å²) in [4.78, 5) is 17.1. The largest absolute Gasteiger partial charge is 0.484 e. The van der Waals surface area contributed by atoms with Crippen LogP contribution in [0.1, 0.15) is 42.7 Å². The smallest absolute Gasteiger partial charge is 0.260 e. The zero-order valence-electron chi connectivity index (χ0n) is 17.4. The van der Waals surface area contributed by atoms with Crippen molar-refractivity contribution in [3.63, 3.8) is 0 Å². The van der Waals surface area contributed by atoms with Crippen LogP contribution in [0.3, 0.4) is 0 Å². The molecule has 29 heavy (non-hydrogen) atoms. The fourth-order valence-corrected chi connectivity index (χ4v) is 4.78. The van der Waals surface area contributed by atoms with E-state index in [1.54, 1.807) is 0 Å². The summed E-state index contributed by atoms with van der Waals surface area (Å²) < 4.78 is 5.69. The van der Waals surface area contributed by atoms with Crippen molar-refractivity contribution < 1.29 is 9.53 Å². The molecule has 1 amide bonds. The zero-order valence-corrected chi connectivity index (χ0v) is 17.4. The van der Waals surface area contributed by atoms with E-state index in [0.29, 0.717) is 12.0 Å². The molecule has 0 bridgehead atoms. The fourth-order valence-electron chi connectivity index (χ4n) is 4.78. The number of amides is 1. The van der Waals surface area contributed by atoms with Gasteiger partial charge >= 0.3 is 0 Å². The SMILES string of the molecule is Cc1cccc(OCC(=O)N2CCN(C3CCC(c4ccccc4)CC3)CC2)c1. The Hall–Kier alpha value is -2.33. The van der Waals surface area contributed by atoms with E-state index in [1.807, 2.05) is 36.1 Å². The number of hydrogen-bond acceptors (Lipinski definition) is 3. The van der Waals surface area contributed by atoms with Gasteiger partial charge in [0.1, 0.15) is 5.75 Å². The molecule has 0 aromatic heterocycles. The third kappa shape index (κ3) is 5.18. The van der Waals surface area contributed by atoms with E-state index in [4.69, 9.17) is 4.74 Å². The van der Waals surface area contributed by atoms with Crippen LogP contribution in [0.25, 0.3) is 0 Å². The van der Waals surface area contributed by atoms with Crippen LogP contribution in [-0.4, -0.2) is 54.5 Å². The predicted molar refractivity (Wildman–Crippen MR) is 116 cm³/mol. The highest BCUT2D eigenvalue weighted by atomic mass is 16.5. The highest BCUT2D eigenvalue weighted by molar-refractivity contribution is 5.77. The molecule has 0 N–H and O–H groups in total. The van der Waals surface area contributed by atoms with E-state index in [2.05, 4.69) is 35.2 Å². The van der Waals surface area contributed by atoms with Crippen LogP contribution in [-0.2, 0) is 4.79 Å². The number of carbonyl (C=O) groups is 1. The Labute approximate surface area is 174 Å². The second-order valence-electron chi connectivity index (χ2n) is 8.44. The average molecular weight is 393 g/mol. The fraction of sp³-hybridized carbons (Fsp3) is 0.480. The summed E-state index contributed by atoms with van der Waals surface area (Å²) >= 11 is 0. The molecule has 2 fully saturated rings. The maximum Gasteiger partial charge on any atom is 0.260 e. The highest BCUT2D eigenvalue weighted by Gasteiger charge is 2.30. The van der Waals surface area contributed by atoms with Gasteiger partial charge in [-0.1, -0.05) is 42.5 Å². The van der Waals surface area contributed by atoms with Crippen molar-refractivity contribution in [2.75, 3.05) is 32.8 Å². The molecule has 2 aliphatic rings. The Morgan fingerprint density at radius 1 is 0.931 bits per heavy atom. The molecule has 2 aromatic carbocycles. The third-order valence-electron chi connectivity index (χ3n) is 6.50. The molecule has 4 nitrogen and oxygen atoms in total. The monoisotopic (exact) mass is 392 g/mol. The van der Waals surface area contributed by atoms with Crippen molar-refractivity contribution in [1.29, 1.82) is 0 Å². The van der Waals surface area contributed by atoms with Crippen LogP contribution in [0.5, 0.6) is 5.75 Å². The van der Waals surface area contributed by atoms with Gasteiger partial charge in [0.15, 0.2) is 6.61 Å². The lowest BCUT2D eigenvalue weighted by molar-refractivity contribution is -0.135. The lowest BCUT2D eigenvalue weighted by Crippen LogP contribution is -2.53. The van der Waals surface area contributed by atoms with Crippen LogP contribution < -0.4 is 4.74 Å². The second kappa shape index (κ2) is 9.45. The lowest BCUT2D eigenvalue weighted by atomic mass is 9.81. The number of aryl methyl sites for hydroxylation is 1. The van der Waals surface area contributed by atoms with E-state index in [9.17, 15) is 4.79 Å². The minimum Gasteiger partial charge on any atom is -0.484 e. The Bertz CT molecular complexity index is 791. The van der Waals surface area contributed by atoms with E-state index in [-0.39, 0.29) is 12.5 Å². The number of piperazine rings is 1. The van der Waals surface area contributed by atoms with Crippen molar-refractivity contribution in [2.24, 2.45) is 0 Å². The predicted octanol–water partition coefficient (Wildman–Crippen LogP) is 4.24. The molecule has 1 saturated heterocycles. The molecular weight excluding hydrogens is 360 g/mol. The van der Waals surface area contributed by atoms with Gasteiger partial charge in [0, 0.05) is 32.2 Å². The van der Waals surface area contributed by atoms with Gasteiger partial charge in [-0.05, 0) is 61.8 Å². The first-order valence-electron chi connectivity index (χ1n) is 11.0. The van der Waals surface area contributed by atoms with Crippen molar-refractivity contribution in [3.05, 3.63) is 65.7 Å². The molecule has 2 aromatic rings. The molecule has 0 radical (unpaired) electrons. The number of ether oxygens (including phenoxy) is 1. The minimum absolute atomic E-state index is 0.0962. The standard InChI is InChI=1S/C25H32N2O2/c1-20-6-5-9-24(18-20)29-19-25(28)27-16-14-26(15-17-27)23-12-10-22(11-13-23)21-7-3-2-4-8-21/h2-9,18,22-23H,10-17,19H2,1H3. The normalized spacial score (nSPS) is 23.0. The molecule has 0 spiro atoms. The molecule has 0 atom stereocenters. The molecular formula is C25H32N2O2. The van der Waals surface area contributed by atoms with Gasteiger partial charge in [0.2, 0.25) is 0 Å². The van der Waals surface area contributed by atoms with Gasteiger partial charge < -0.3 is 9.64 Å². The summed E-state index contributed by atoms with van der Waals surface area (Å²) in [5.41, 5.74) is 2.64. The summed E-state index contributed by atoms with van der Waals surface area (Å²) in [7, 11) is 0. The summed E-state index contributed by atoms with van der Waals surface area (Å²) in [6, 6.07) is 19.5. The minimum atomic E-state index is 0.0962. The quantitative estimate of drug-likeness (QED) is 0.763. The van der Waals surface area contributed by atoms with Crippen molar-refractivity contribution in [1.82, 2.24) is 9.80 Å². The molecule has 0 unspecified atom stereocenters. The highest BCUT2D eigenvalue weighted by Crippen LogP contribution is 2.34. The first-order chi connectivity index (χ1) is 14.2. The number of nitrogens with zero attached hydrogens (tertiary/aromatic N) is 2. The summed E-state index contributed by atoms with van der Waals surface area (Å²) in [5, 5.41) is 0. The summed E-state index contributed by atoms with van der Waals surface area (Å²) in [6.07, 6.45) is 5.09. The van der Waals surface area contributed by atoms with Gasteiger partial charge in [0.25, 0.3) is 5.91 Å². The number of rotatable bonds is 5. The van der Waals surface area contributed by atoms with Crippen LogP contribution in [0, 0.1) is 6.92 Å². The average Bonchev–Trinajstić information content (AvgIpc) is 2.78. The first-order valence-corrected chi connectivity index (χ1v) is 11.0. The molecule has 1 heterocycles. The maximum atomic E-state index is 12.5. The Balaban J connectivity index is 1.20. The number of carbonyl (C=O) groups excluding carboxylic acids is 1. The lowest BCUT2D eigenvalue weighted by Gasteiger charge is -2.42. The number of hydrogen-bond donors (Lipinski definition) is 0. The molecule has 1 saturated carbocycles. The molecule has 4 heteroatoms. The zero-order chi connectivity index (χ0) is 20.1. The van der Waals surface area contributed by atoms with Gasteiger partial charge in [-0.15, -0.1) is 0 Å². The summed E-state index contributed by atoms with van der Waals surface area (Å²) in [5.74, 6) is 1.58. The van der Waals surface area contributed by atoms with Crippen LogP contribution in [0.15, 0.2) is 54.6 Å². The van der Waals surface area contributed by atoms with E-state index in [0.717, 1.165) is 37.5 Å². The second-order valence-corrected chi connectivity index (χ2v) is 8.44. The molecule has 4 rings (SSSR count). The van der Waals surface area contributed by atoms with E-state index in [1.165, 1.54) is 31.2 Å². The molecule has 1 aliphatic heterocycles. The van der Waals surface area contributed by atoms with Crippen LogP contribution >= 0.6 is 0 Å². The first kappa shape index (κ1) is 20.0. The van der Waals surface area contributed by atoms with Gasteiger partial charge in [-0.25, -0.2) is 0 Å². The Morgan fingerprint density at radius 2 is 1.66 bits per heavy atom. The summed E-state index contributed by atoms with van der Waals surface area (Å²) in [6.45, 7) is 5.75. The van der Waals surface area contributed by atoms with Gasteiger partial charge in [0.05, 0.1) is 0 Å². The Morgan fingerprint density at radius 3 is 2.34 bits per heavy atom. The van der Waals surface area contributed by atoms with Crippen molar-refractivity contribution in [3.8, 4) is 5.75 Å². The molecule has 1 aliphatic carbocycles. The number of benzene rings is 2. The van der Waals surface area contributed by atoms with Crippen molar-refractivity contribution in [2.45, 2.75) is 44.6 Å². The van der Waals surface area contributed by atoms with Gasteiger partial charge in [-0.2, -0.15) is 0 Å². The topological polar surface area (TPSA) is 32.8 Å². The van der Waals surface area contributed by atoms with Gasteiger partial charge in [-0.3, -0.25) is 9.69 Å². The Kier molecular flexibility index (Phi) is 6.50. The molecule has 154 valence electrons. The third-order valence-corrected chi connectivity index (χ3v) is 6.50. The van der Waals surface area contributed by atoms with E-state index < -0.39 is 0 Å².